The van der Waals surface area contributed by atoms with Crippen molar-refractivity contribution < 1.29 is 20.1 Å². The summed E-state index contributed by atoms with van der Waals surface area (Å²) in [6.45, 7) is 2.15. The maximum atomic E-state index is 10.7. The van der Waals surface area contributed by atoms with Gasteiger partial charge in [-0.05, 0) is 55.4 Å². The quantitative estimate of drug-likeness (QED) is 0.520. The second kappa shape index (κ2) is 9.41. The highest BCUT2D eigenvalue weighted by Crippen LogP contribution is 2.55. The maximum Gasteiger partial charge on any atom is 0.303 e. The highest BCUT2D eigenvalue weighted by atomic mass is 16.4. The number of rotatable bonds is 6. The van der Waals surface area contributed by atoms with Gasteiger partial charge in [-0.3, -0.25) is 4.79 Å². The van der Waals surface area contributed by atoms with Gasteiger partial charge in [-0.25, -0.2) is 0 Å². The van der Waals surface area contributed by atoms with Crippen LogP contribution in [0.3, 0.4) is 0 Å². The summed E-state index contributed by atoms with van der Waals surface area (Å²) >= 11 is 0. The number of aliphatic carboxylic acids is 1. The van der Waals surface area contributed by atoms with Crippen molar-refractivity contribution in [1.82, 2.24) is 0 Å². The van der Waals surface area contributed by atoms with E-state index in [2.05, 4.69) is 24.8 Å². The summed E-state index contributed by atoms with van der Waals surface area (Å²) in [6.07, 6.45) is 4.69. The van der Waals surface area contributed by atoms with E-state index in [9.17, 15) is 15.0 Å². The first-order chi connectivity index (χ1) is 13.5. The molecule has 2 unspecified atom stereocenters. The molecule has 6 atom stereocenters. The van der Waals surface area contributed by atoms with E-state index < -0.39 is 18.2 Å². The minimum Gasteiger partial charge on any atom is -0.481 e. The molecule has 0 heterocycles. The van der Waals surface area contributed by atoms with Crippen LogP contribution in [0.4, 0.5) is 0 Å². The average molecular weight is 383 g/mol. The van der Waals surface area contributed by atoms with E-state index in [1.807, 2.05) is 30.3 Å². The molecule has 0 aliphatic heterocycles. The standard InChI is InChI=1S/C24H30O4/c1-16-19(8-5-9-23(27)28)20-14-15-22(26)21(24(16)20)13-12-18(25)11-10-17-6-3-2-4-7-17/h2-4,6-8,16,18,20-22,24-26H,5,9-11,14-15H2,1H3,(H,27,28)/t16?,18?,20-,21+,22-,24+/m1/s1. The van der Waals surface area contributed by atoms with Gasteiger partial charge in [0.1, 0.15) is 6.10 Å². The van der Waals surface area contributed by atoms with Crippen molar-refractivity contribution in [2.45, 2.75) is 57.7 Å². The van der Waals surface area contributed by atoms with E-state index in [1.54, 1.807) is 0 Å². The molecule has 2 aliphatic carbocycles. The number of hydrogen-bond acceptors (Lipinski definition) is 3. The molecular weight excluding hydrogens is 352 g/mol. The second-order valence-electron chi connectivity index (χ2n) is 8.11. The predicted molar refractivity (Wildman–Crippen MR) is 108 cm³/mol. The molecule has 0 amide bonds. The van der Waals surface area contributed by atoms with Crippen molar-refractivity contribution in [1.29, 1.82) is 0 Å². The van der Waals surface area contributed by atoms with Crippen LogP contribution in [0.2, 0.25) is 0 Å². The van der Waals surface area contributed by atoms with E-state index in [4.69, 9.17) is 5.11 Å². The molecule has 4 heteroatoms. The fourth-order valence-corrected chi connectivity index (χ4v) is 4.82. The Kier molecular flexibility index (Phi) is 6.93. The molecule has 150 valence electrons. The fourth-order valence-electron chi connectivity index (χ4n) is 4.82. The van der Waals surface area contributed by atoms with Crippen molar-refractivity contribution in [2.75, 3.05) is 0 Å². The third-order valence-electron chi connectivity index (χ3n) is 6.30. The zero-order valence-electron chi connectivity index (χ0n) is 16.4. The van der Waals surface area contributed by atoms with Crippen LogP contribution < -0.4 is 0 Å². The summed E-state index contributed by atoms with van der Waals surface area (Å²) in [5.74, 6) is 6.30. The van der Waals surface area contributed by atoms with Gasteiger partial charge in [-0.2, -0.15) is 0 Å². The van der Waals surface area contributed by atoms with Crippen LogP contribution in [-0.4, -0.2) is 33.5 Å². The maximum absolute atomic E-state index is 10.7. The molecule has 0 spiro atoms. The van der Waals surface area contributed by atoms with Gasteiger partial charge in [0, 0.05) is 6.42 Å². The van der Waals surface area contributed by atoms with Crippen molar-refractivity contribution >= 4 is 5.97 Å². The van der Waals surface area contributed by atoms with Crippen molar-refractivity contribution in [3.05, 3.63) is 47.5 Å². The van der Waals surface area contributed by atoms with E-state index in [1.165, 1.54) is 11.1 Å². The van der Waals surface area contributed by atoms with Gasteiger partial charge in [0.05, 0.1) is 12.0 Å². The van der Waals surface area contributed by atoms with E-state index in [0.717, 1.165) is 12.8 Å². The van der Waals surface area contributed by atoms with Gasteiger partial charge in [-0.15, -0.1) is 0 Å². The van der Waals surface area contributed by atoms with Crippen LogP contribution >= 0.6 is 0 Å². The lowest BCUT2D eigenvalue weighted by atomic mass is 9.51. The third-order valence-corrected chi connectivity index (χ3v) is 6.30. The first kappa shape index (κ1) is 20.6. The molecule has 0 bridgehead atoms. The van der Waals surface area contributed by atoms with Gasteiger partial charge in [-0.1, -0.05) is 60.7 Å². The number of benzene rings is 1. The molecule has 3 rings (SSSR count). The highest BCUT2D eigenvalue weighted by molar-refractivity contribution is 5.66. The number of allylic oxidation sites excluding steroid dienone is 2. The smallest absolute Gasteiger partial charge is 0.303 e. The summed E-state index contributed by atoms with van der Waals surface area (Å²) in [5, 5.41) is 29.6. The molecule has 0 aromatic heterocycles. The molecule has 3 N–H and O–H groups in total. The van der Waals surface area contributed by atoms with Gasteiger partial charge in [0.2, 0.25) is 0 Å². The Labute approximate surface area is 167 Å². The summed E-state index contributed by atoms with van der Waals surface area (Å²) in [4.78, 5) is 10.7. The summed E-state index contributed by atoms with van der Waals surface area (Å²) in [7, 11) is 0. The Balaban J connectivity index is 1.59. The van der Waals surface area contributed by atoms with E-state index >= 15 is 0 Å². The monoisotopic (exact) mass is 382 g/mol. The topological polar surface area (TPSA) is 77.8 Å². The molecule has 0 radical (unpaired) electrons. The van der Waals surface area contributed by atoms with Crippen LogP contribution in [0.15, 0.2) is 42.0 Å². The number of carboxylic acid groups (broad SMARTS) is 1. The predicted octanol–water partition coefficient (Wildman–Crippen LogP) is 3.43. The fraction of sp³-hybridized carbons (Fsp3) is 0.542. The number of aliphatic hydroxyl groups is 2. The van der Waals surface area contributed by atoms with Gasteiger partial charge >= 0.3 is 5.97 Å². The molecule has 1 aromatic rings. The lowest BCUT2D eigenvalue weighted by molar-refractivity contribution is -0.136. The molecule has 0 saturated heterocycles. The molecule has 2 saturated carbocycles. The first-order valence-electron chi connectivity index (χ1n) is 10.3. The molecular formula is C24H30O4. The Morgan fingerprint density at radius 2 is 2.04 bits per heavy atom. The summed E-state index contributed by atoms with van der Waals surface area (Å²) in [6, 6.07) is 10.1. The molecule has 28 heavy (non-hydrogen) atoms. The summed E-state index contributed by atoms with van der Waals surface area (Å²) < 4.78 is 0. The van der Waals surface area contributed by atoms with Crippen LogP contribution in [0.25, 0.3) is 0 Å². The first-order valence-corrected chi connectivity index (χ1v) is 10.3. The molecule has 4 nitrogen and oxygen atoms in total. The van der Waals surface area contributed by atoms with E-state index in [-0.39, 0.29) is 12.3 Å². The Morgan fingerprint density at radius 3 is 2.75 bits per heavy atom. The average Bonchev–Trinajstić information content (AvgIpc) is 2.69. The lowest BCUT2D eigenvalue weighted by Gasteiger charge is -2.53. The van der Waals surface area contributed by atoms with E-state index in [0.29, 0.717) is 37.0 Å². The van der Waals surface area contributed by atoms with Crippen molar-refractivity contribution in [2.24, 2.45) is 23.7 Å². The van der Waals surface area contributed by atoms with Crippen LogP contribution in [0.5, 0.6) is 0 Å². The van der Waals surface area contributed by atoms with Crippen LogP contribution in [0.1, 0.15) is 44.6 Å². The van der Waals surface area contributed by atoms with Gasteiger partial charge < -0.3 is 15.3 Å². The largest absolute Gasteiger partial charge is 0.481 e. The SMILES string of the molecule is CC1C(=CCCC(=O)O)[C@H]2CC[C@@H](O)[C@H](C#CC(O)CCc3ccccc3)[C@@H]12. The minimum absolute atomic E-state index is 0.114. The lowest BCUT2D eigenvalue weighted by Crippen LogP contribution is -2.50. The molecule has 2 fully saturated rings. The highest BCUT2D eigenvalue weighted by Gasteiger charge is 2.50. The number of carbonyl (C=O) groups is 1. The molecule has 2 aliphatic rings. The van der Waals surface area contributed by atoms with Crippen molar-refractivity contribution in [3.63, 3.8) is 0 Å². The Hall–Kier alpha value is -2.09. The molecule has 1 aromatic carbocycles. The van der Waals surface area contributed by atoms with Crippen molar-refractivity contribution in [3.8, 4) is 11.8 Å². The van der Waals surface area contributed by atoms with Crippen LogP contribution in [-0.2, 0) is 11.2 Å². The number of aryl methyl sites for hydroxylation is 1. The zero-order valence-corrected chi connectivity index (χ0v) is 16.4. The second-order valence-corrected chi connectivity index (χ2v) is 8.11. The van der Waals surface area contributed by atoms with Gasteiger partial charge in [0.15, 0.2) is 0 Å². The Morgan fingerprint density at radius 1 is 1.29 bits per heavy atom. The number of aliphatic hydroxyl groups excluding tert-OH is 2. The Bertz CT molecular complexity index is 758. The minimum atomic E-state index is -0.771. The normalized spacial score (nSPS) is 31.2. The van der Waals surface area contributed by atoms with Gasteiger partial charge in [0.25, 0.3) is 0 Å². The number of carboxylic acids is 1. The van der Waals surface area contributed by atoms with Crippen LogP contribution in [0, 0.1) is 35.5 Å². The zero-order chi connectivity index (χ0) is 20.1. The number of fused-ring (bicyclic) bond motifs is 1. The third kappa shape index (κ3) is 4.84. The summed E-state index contributed by atoms with van der Waals surface area (Å²) in [5.41, 5.74) is 2.51. The number of hydrogen-bond donors (Lipinski definition) is 3.